The quantitative estimate of drug-likeness (QED) is 0.556. The first kappa shape index (κ1) is 21.6. The van der Waals surface area contributed by atoms with E-state index < -0.39 is 24.1 Å². The second-order valence-corrected chi connectivity index (χ2v) is 8.68. The minimum absolute atomic E-state index is 0.0246. The van der Waals surface area contributed by atoms with Crippen molar-refractivity contribution in [3.05, 3.63) is 29.0 Å². The second-order valence-electron chi connectivity index (χ2n) is 8.27. The van der Waals surface area contributed by atoms with Gasteiger partial charge in [0.1, 0.15) is 17.6 Å². The summed E-state index contributed by atoms with van der Waals surface area (Å²) in [5, 5.41) is 6.25. The predicted octanol–water partition coefficient (Wildman–Crippen LogP) is 2.71. The highest BCUT2D eigenvalue weighted by atomic mass is 35.5. The van der Waals surface area contributed by atoms with Gasteiger partial charge in [0, 0.05) is 30.6 Å². The van der Waals surface area contributed by atoms with E-state index in [4.69, 9.17) is 21.2 Å². The van der Waals surface area contributed by atoms with E-state index in [-0.39, 0.29) is 41.3 Å². The van der Waals surface area contributed by atoms with Crippen molar-refractivity contribution in [1.29, 1.82) is 0 Å². The third kappa shape index (κ3) is 4.66. The molecule has 5 rings (SSSR count). The lowest BCUT2D eigenvalue weighted by molar-refractivity contribution is -0.164. The molecule has 1 heterocycles. The van der Waals surface area contributed by atoms with Crippen molar-refractivity contribution in [3.8, 4) is 5.75 Å². The van der Waals surface area contributed by atoms with Crippen molar-refractivity contribution in [2.45, 2.75) is 55.6 Å². The van der Waals surface area contributed by atoms with E-state index in [2.05, 4.69) is 10.6 Å². The Kier molecular flexibility index (Phi) is 5.86. The molecule has 30 heavy (non-hydrogen) atoms. The number of hydroxylamine groups is 1. The topological polar surface area (TPSA) is 71.6 Å². The monoisotopic (exact) mass is 451 g/mol. The molecule has 1 aromatic carbocycles. The van der Waals surface area contributed by atoms with Gasteiger partial charge in [0.05, 0.1) is 11.1 Å². The summed E-state index contributed by atoms with van der Waals surface area (Å²) in [4.78, 5) is 17.3. The Morgan fingerprint density at radius 3 is 2.77 bits per heavy atom. The summed E-state index contributed by atoms with van der Waals surface area (Å²) in [5.74, 6) is -0.350. The average Bonchev–Trinajstić information content (AvgIpc) is 3.33. The van der Waals surface area contributed by atoms with Crippen LogP contribution in [0.15, 0.2) is 18.2 Å². The number of hydrogen-bond acceptors (Lipinski definition) is 5. The molecular formula is C19H22ClF4N3O3. The molecule has 4 fully saturated rings. The van der Waals surface area contributed by atoms with Gasteiger partial charge in [0.25, 0.3) is 5.91 Å². The van der Waals surface area contributed by atoms with Gasteiger partial charge in [-0.05, 0) is 37.3 Å². The normalized spacial score (nSPS) is 32.7. The van der Waals surface area contributed by atoms with E-state index in [1.165, 1.54) is 12.1 Å². The van der Waals surface area contributed by atoms with Crippen LogP contribution in [0.1, 0.15) is 25.7 Å². The van der Waals surface area contributed by atoms with Gasteiger partial charge in [-0.25, -0.2) is 4.39 Å². The minimum Gasteiger partial charge on any atom is -0.484 e. The lowest BCUT2D eigenvalue weighted by atomic mass is 9.76. The first-order valence-corrected chi connectivity index (χ1v) is 10.1. The Morgan fingerprint density at radius 1 is 1.33 bits per heavy atom. The van der Waals surface area contributed by atoms with E-state index in [1.54, 1.807) is 0 Å². The number of alkyl halides is 3. The zero-order chi connectivity index (χ0) is 21.5. The van der Waals surface area contributed by atoms with Crippen LogP contribution in [-0.2, 0) is 9.63 Å². The fourth-order valence-corrected chi connectivity index (χ4v) is 4.69. The molecule has 3 atom stereocenters. The van der Waals surface area contributed by atoms with Gasteiger partial charge in [-0.2, -0.15) is 18.7 Å². The zero-order valence-electron chi connectivity index (χ0n) is 15.9. The summed E-state index contributed by atoms with van der Waals surface area (Å²) in [6.45, 7) is 0.0714. The van der Waals surface area contributed by atoms with Crippen molar-refractivity contribution in [2.75, 3.05) is 13.2 Å². The third-order valence-electron chi connectivity index (χ3n) is 6.03. The van der Waals surface area contributed by atoms with Crippen molar-refractivity contribution in [1.82, 2.24) is 16.1 Å². The zero-order valence-corrected chi connectivity index (χ0v) is 16.7. The minimum atomic E-state index is -4.32. The Morgan fingerprint density at radius 2 is 2.10 bits per heavy atom. The lowest BCUT2D eigenvalue weighted by Crippen LogP contribution is -2.53. The molecule has 3 N–H and O–H groups in total. The number of hydrogen-bond donors (Lipinski definition) is 3. The summed E-state index contributed by atoms with van der Waals surface area (Å²) in [7, 11) is 0. The molecule has 2 bridgehead atoms. The number of amides is 1. The largest absolute Gasteiger partial charge is 0.484 e. The van der Waals surface area contributed by atoms with Gasteiger partial charge >= 0.3 is 6.18 Å². The highest BCUT2D eigenvalue weighted by molar-refractivity contribution is 6.30. The fourth-order valence-electron chi connectivity index (χ4n) is 4.57. The smallest absolute Gasteiger partial charge is 0.406 e. The molecular weight excluding hydrogens is 430 g/mol. The maximum absolute atomic E-state index is 13.4. The molecule has 1 aromatic rings. The van der Waals surface area contributed by atoms with Crippen LogP contribution < -0.4 is 20.9 Å². The first-order chi connectivity index (χ1) is 14.1. The molecule has 1 saturated heterocycles. The molecule has 2 unspecified atom stereocenters. The van der Waals surface area contributed by atoms with Crippen molar-refractivity contribution in [3.63, 3.8) is 0 Å². The number of rotatable bonds is 7. The number of carbonyl (C=O) groups excluding carboxylic acids is 1. The van der Waals surface area contributed by atoms with Crippen LogP contribution in [0.2, 0.25) is 5.02 Å². The summed E-state index contributed by atoms with van der Waals surface area (Å²) in [5.41, 5.74) is 1.72. The van der Waals surface area contributed by atoms with Crippen LogP contribution in [0.4, 0.5) is 17.6 Å². The van der Waals surface area contributed by atoms with Crippen LogP contribution in [0.25, 0.3) is 0 Å². The number of benzene rings is 1. The van der Waals surface area contributed by atoms with Crippen LogP contribution in [-0.4, -0.2) is 49.0 Å². The fraction of sp³-hybridized carbons (Fsp3) is 0.632. The standard InChI is InChI=1S/C19H22ClF4N3O3/c20-13-2-1-11(3-14(13)21)29-9-17(28)26-18-5-10(6-18)15(7-18)25-8-12-4-16(27-30-12)19(22,23)24/h1-3,10,12,15-16,25,27H,4-9H2,(H,26,28)/t10?,12?,15-,16?,18?/m0/s1. The molecule has 3 saturated carbocycles. The first-order valence-electron chi connectivity index (χ1n) is 9.74. The number of ether oxygens (including phenoxy) is 1. The summed E-state index contributed by atoms with van der Waals surface area (Å²) >= 11 is 5.61. The van der Waals surface area contributed by atoms with Gasteiger partial charge in [0.15, 0.2) is 6.61 Å². The maximum atomic E-state index is 13.4. The second kappa shape index (κ2) is 8.14. The van der Waals surface area contributed by atoms with Gasteiger partial charge in [-0.15, -0.1) is 0 Å². The van der Waals surface area contributed by atoms with Crippen LogP contribution in [0.5, 0.6) is 5.75 Å². The third-order valence-corrected chi connectivity index (χ3v) is 6.34. The summed E-state index contributed by atoms with van der Waals surface area (Å²) < 4.78 is 56.8. The van der Waals surface area contributed by atoms with E-state index in [0.29, 0.717) is 18.9 Å². The van der Waals surface area contributed by atoms with E-state index in [0.717, 1.165) is 18.9 Å². The molecule has 4 aliphatic rings. The molecule has 0 aromatic heterocycles. The van der Waals surface area contributed by atoms with Gasteiger partial charge in [-0.3, -0.25) is 9.63 Å². The number of carbonyl (C=O) groups is 1. The van der Waals surface area contributed by atoms with Crippen LogP contribution in [0.3, 0.4) is 0 Å². The lowest BCUT2D eigenvalue weighted by Gasteiger charge is -2.39. The molecule has 0 radical (unpaired) electrons. The predicted molar refractivity (Wildman–Crippen MR) is 99.4 cm³/mol. The Labute approximate surface area is 175 Å². The van der Waals surface area contributed by atoms with Crippen molar-refractivity contribution >= 4 is 17.5 Å². The van der Waals surface area contributed by atoms with Crippen LogP contribution >= 0.6 is 11.6 Å². The summed E-state index contributed by atoms with van der Waals surface area (Å²) in [6.07, 6.45) is -2.69. The average molecular weight is 452 g/mol. The van der Waals surface area contributed by atoms with E-state index in [1.807, 2.05) is 5.48 Å². The molecule has 1 amide bonds. The highest BCUT2D eigenvalue weighted by Gasteiger charge is 2.56. The van der Waals surface area contributed by atoms with Crippen molar-refractivity contribution < 1.29 is 31.9 Å². The molecule has 1 aliphatic heterocycles. The maximum Gasteiger partial charge on any atom is 0.406 e. The van der Waals surface area contributed by atoms with E-state index >= 15 is 0 Å². The van der Waals surface area contributed by atoms with E-state index in [9.17, 15) is 22.4 Å². The number of nitrogens with one attached hydrogen (secondary N) is 3. The van der Waals surface area contributed by atoms with Gasteiger partial charge in [0.2, 0.25) is 0 Å². The van der Waals surface area contributed by atoms with Gasteiger partial charge in [-0.1, -0.05) is 11.6 Å². The van der Waals surface area contributed by atoms with Crippen LogP contribution in [0, 0.1) is 11.7 Å². The molecule has 11 heteroatoms. The summed E-state index contributed by atoms with van der Waals surface area (Å²) in [6, 6.07) is 2.43. The molecule has 3 aliphatic carbocycles. The van der Waals surface area contributed by atoms with Gasteiger partial charge < -0.3 is 15.4 Å². The molecule has 6 nitrogen and oxygen atoms in total. The number of halogens is 5. The number of fused-ring (bicyclic) bond motifs is 1. The highest BCUT2D eigenvalue weighted by Crippen LogP contribution is 2.52. The Bertz CT molecular complexity index is 804. The molecule has 166 valence electrons. The Hall–Kier alpha value is -1.62. The Balaban J connectivity index is 1.19. The van der Waals surface area contributed by atoms with Crippen molar-refractivity contribution in [2.24, 2.45) is 5.92 Å². The SMILES string of the molecule is O=C(COc1ccc(Cl)c(F)c1)NC12CC(C1)[C@@H](NCC1CC(C(F)(F)F)NO1)C2. The molecule has 0 spiro atoms.